The third-order valence-electron chi connectivity index (χ3n) is 5.89. The summed E-state index contributed by atoms with van der Waals surface area (Å²) < 4.78 is 39.1. The molecule has 0 saturated carbocycles. The van der Waals surface area contributed by atoms with Gasteiger partial charge in [-0.25, -0.2) is 0 Å². The van der Waals surface area contributed by atoms with E-state index >= 15 is 0 Å². The van der Waals surface area contributed by atoms with Gasteiger partial charge in [0, 0.05) is 36.3 Å². The molecular weight excluding hydrogens is 543 g/mol. The number of thioether (sulfide) groups is 1. The number of ether oxygens (including phenoxy) is 1. The van der Waals surface area contributed by atoms with Crippen LogP contribution in [0.4, 0.5) is 13.2 Å². The van der Waals surface area contributed by atoms with Gasteiger partial charge in [-0.1, -0.05) is 54.9 Å². The lowest BCUT2D eigenvalue weighted by Gasteiger charge is -2.40. The van der Waals surface area contributed by atoms with Crippen molar-refractivity contribution in [3.8, 4) is 5.75 Å². The summed E-state index contributed by atoms with van der Waals surface area (Å²) in [6.45, 7) is 2.46. The summed E-state index contributed by atoms with van der Waals surface area (Å²) in [4.78, 5) is 37.8. The Balaban J connectivity index is 0.000000505. The predicted octanol–water partition coefficient (Wildman–Crippen LogP) is 5.42. The first-order valence-electron chi connectivity index (χ1n) is 11.6. The van der Waals surface area contributed by atoms with E-state index < -0.39 is 29.9 Å². The molecule has 1 amide bonds. The fourth-order valence-corrected chi connectivity index (χ4v) is 5.63. The van der Waals surface area contributed by atoms with Crippen molar-refractivity contribution in [3.05, 3.63) is 92.4 Å². The Kier molecular flexibility index (Phi) is 8.08. The fourth-order valence-electron chi connectivity index (χ4n) is 4.17. The second-order valence-corrected chi connectivity index (χ2v) is 9.81. The highest BCUT2D eigenvalue weighted by Gasteiger charge is 2.36. The first-order valence-corrected chi connectivity index (χ1v) is 12.9. The maximum Gasteiger partial charge on any atom is 0.388 e. The number of fused-ring (bicyclic) bond motifs is 3. The van der Waals surface area contributed by atoms with E-state index in [0.717, 1.165) is 34.3 Å². The smallest absolute Gasteiger partial charge is 0.388 e. The van der Waals surface area contributed by atoms with Crippen molar-refractivity contribution >= 4 is 35.2 Å². The topological polar surface area (TPSA) is 80.6 Å². The van der Waals surface area contributed by atoms with Gasteiger partial charge in [-0.05, 0) is 22.8 Å². The summed E-state index contributed by atoms with van der Waals surface area (Å²) in [6, 6.07) is 14.9. The number of amides is 1. The number of hydrogen-bond acceptors (Lipinski definition) is 6. The van der Waals surface area contributed by atoms with Gasteiger partial charge in [-0.2, -0.15) is 13.2 Å². The standard InChI is InChI=1S/C23H18ClN3O4S.C3H5F3/c1-13(28)31-21-18(29)9-10-26-20(21)23(30)25-12-27(26)19-15-6-3-2-5-14(15)11-32-22-16(19)7-4-8-17(22)24;1-2-3(4,5)6/h2-10,19H,11-12H2,1H3,(H,25,30);2H2,1H3. The molecule has 2 aromatic carbocycles. The molecule has 12 heteroatoms. The number of rotatable bonds is 2. The van der Waals surface area contributed by atoms with Gasteiger partial charge in [0.25, 0.3) is 5.91 Å². The monoisotopic (exact) mass is 565 g/mol. The normalized spacial score (nSPS) is 16.1. The Hall–Kier alpha value is -3.44. The number of halogens is 4. The van der Waals surface area contributed by atoms with E-state index in [1.807, 2.05) is 35.3 Å². The fraction of sp³-hybridized carbons (Fsp3) is 0.269. The lowest BCUT2D eigenvalue weighted by molar-refractivity contribution is -0.132. The van der Waals surface area contributed by atoms with Crippen molar-refractivity contribution in [2.24, 2.45) is 0 Å². The highest BCUT2D eigenvalue weighted by Crippen LogP contribution is 2.45. The predicted molar refractivity (Wildman–Crippen MR) is 138 cm³/mol. The number of benzene rings is 2. The average Bonchev–Trinajstić information content (AvgIpc) is 3.03. The number of nitrogens with one attached hydrogen (secondary N) is 1. The molecule has 0 aliphatic carbocycles. The zero-order chi connectivity index (χ0) is 27.6. The first-order chi connectivity index (χ1) is 18.0. The van der Waals surface area contributed by atoms with Gasteiger partial charge in [0.1, 0.15) is 6.67 Å². The van der Waals surface area contributed by atoms with Crippen LogP contribution in [0.3, 0.4) is 0 Å². The molecule has 0 spiro atoms. The third-order valence-corrected chi connectivity index (χ3v) is 7.51. The van der Waals surface area contributed by atoms with Gasteiger partial charge >= 0.3 is 12.1 Å². The molecule has 3 aromatic rings. The highest BCUT2D eigenvalue weighted by atomic mass is 35.5. The van der Waals surface area contributed by atoms with Crippen molar-refractivity contribution in [2.75, 3.05) is 11.7 Å². The molecule has 1 N–H and O–H groups in total. The molecule has 5 rings (SSSR count). The molecule has 200 valence electrons. The number of aromatic nitrogens is 1. The minimum absolute atomic E-state index is 0.0168. The molecule has 7 nitrogen and oxygen atoms in total. The number of pyridine rings is 1. The van der Waals surface area contributed by atoms with Crippen LogP contribution in [0.15, 0.2) is 64.4 Å². The Morgan fingerprint density at radius 3 is 2.50 bits per heavy atom. The van der Waals surface area contributed by atoms with Gasteiger partial charge in [0.2, 0.25) is 11.2 Å². The summed E-state index contributed by atoms with van der Waals surface area (Å²) in [5.41, 5.74) is 2.65. The van der Waals surface area contributed by atoms with E-state index in [9.17, 15) is 27.6 Å². The van der Waals surface area contributed by atoms with Gasteiger partial charge in [0.05, 0.1) is 11.1 Å². The van der Waals surface area contributed by atoms with E-state index in [1.165, 1.54) is 19.2 Å². The van der Waals surface area contributed by atoms with Crippen LogP contribution in [0.5, 0.6) is 5.75 Å². The van der Waals surface area contributed by atoms with Crippen molar-refractivity contribution in [3.63, 3.8) is 0 Å². The van der Waals surface area contributed by atoms with E-state index in [0.29, 0.717) is 5.02 Å². The van der Waals surface area contributed by atoms with E-state index in [4.69, 9.17) is 16.3 Å². The molecule has 1 unspecified atom stereocenters. The quantitative estimate of drug-likeness (QED) is 0.418. The summed E-state index contributed by atoms with van der Waals surface area (Å²) in [7, 11) is 0. The Morgan fingerprint density at radius 1 is 1.13 bits per heavy atom. The number of alkyl halides is 3. The van der Waals surface area contributed by atoms with Gasteiger partial charge in [-0.3, -0.25) is 24.1 Å². The molecule has 0 saturated heterocycles. The molecule has 2 aliphatic rings. The second-order valence-electron chi connectivity index (χ2n) is 8.42. The Bertz CT molecular complexity index is 1440. The highest BCUT2D eigenvalue weighted by molar-refractivity contribution is 7.98. The van der Waals surface area contributed by atoms with Gasteiger partial charge in [0.15, 0.2) is 5.69 Å². The Morgan fingerprint density at radius 2 is 1.82 bits per heavy atom. The molecule has 1 atom stereocenters. The van der Waals surface area contributed by atoms with Crippen LogP contribution in [-0.4, -0.2) is 29.4 Å². The molecular formula is C26H23ClF3N3O4S. The summed E-state index contributed by atoms with van der Waals surface area (Å²) >= 11 is 8.24. The number of carbonyl (C=O) groups is 2. The first kappa shape index (κ1) is 27.6. The Labute approximate surface area is 225 Å². The number of hydrogen-bond donors (Lipinski definition) is 1. The van der Waals surface area contributed by atoms with Crippen molar-refractivity contribution in [1.29, 1.82) is 0 Å². The van der Waals surface area contributed by atoms with Crippen LogP contribution >= 0.6 is 23.4 Å². The molecule has 0 fully saturated rings. The van der Waals surface area contributed by atoms with Crippen molar-refractivity contribution < 1.29 is 27.5 Å². The average molecular weight is 566 g/mol. The zero-order valence-corrected chi connectivity index (χ0v) is 21.9. The number of esters is 1. The zero-order valence-electron chi connectivity index (χ0n) is 20.3. The van der Waals surface area contributed by atoms with Crippen LogP contribution in [0, 0.1) is 0 Å². The van der Waals surface area contributed by atoms with Crippen LogP contribution < -0.4 is 20.5 Å². The van der Waals surface area contributed by atoms with Gasteiger partial charge in [-0.15, -0.1) is 11.8 Å². The van der Waals surface area contributed by atoms with Gasteiger partial charge < -0.3 is 10.1 Å². The second kappa shape index (κ2) is 11.1. The van der Waals surface area contributed by atoms with E-state index in [1.54, 1.807) is 16.4 Å². The summed E-state index contributed by atoms with van der Waals surface area (Å²) in [5, 5.41) is 5.41. The number of carbonyl (C=O) groups excluding carboxylic acids is 2. The molecule has 3 heterocycles. The van der Waals surface area contributed by atoms with Crippen LogP contribution in [0.2, 0.25) is 5.02 Å². The minimum Gasteiger partial charge on any atom is -0.420 e. The lowest BCUT2D eigenvalue weighted by atomic mass is 9.94. The van der Waals surface area contributed by atoms with Crippen molar-refractivity contribution in [1.82, 2.24) is 9.99 Å². The van der Waals surface area contributed by atoms with Crippen LogP contribution in [0.1, 0.15) is 53.5 Å². The molecule has 2 aliphatic heterocycles. The maximum atomic E-state index is 12.8. The van der Waals surface area contributed by atoms with E-state index in [-0.39, 0.29) is 24.2 Å². The molecule has 0 bridgehead atoms. The van der Waals surface area contributed by atoms with Crippen LogP contribution in [-0.2, 0) is 10.5 Å². The number of nitrogens with zero attached hydrogens (tertiary/aromatic N) is 2. The minimum atomic E-state index is -3.96. The summed E-state index contributed by atoms with van der Waals surface area (Å²) in [6.07, 6.45) is -3.15. The molecule has 38 heavy (non-hydrogen) atoms. The lowest BCUT2D eigenvalue weighted by Crippen LogP contribution is -2.54. The molecule has 0 radical (unpaired) electrons. The molecule has 1 aromatic heterocycles. The largest absolute Gasteiger partial charge is 0.420 e. The van der Waals surface area contributed by atoms with Crippen LogP contribution in [0.25, 0.3) is 0 Å². The summed E-state index contributed by atoms with van der Waals surface area (Å²) in [5.74, 6) is -0.698. The van der Waals surface area contributed by atoms with Crippen molar-refractivity contribution in [2.45, 2.75) is 43.1 Å². The van der Waals surface area contributed by atoms with E-state index in [2.05, 4.69) is 17.4 Å². The SMILES string of the molecule is CC(=O)Oc1c2n(ccc1=O)N(C1c3ccccc3CSc3c(Cl)cccc31)CNC2=O.CCC(F)(F)F. The maximum absolute atomic E-state index is 12.8. The third kappa shape index (κ3) is 5.68.